The summed E-state index contributed by atoms with van der Waals surface area (Å²) in [5.41, 5.74) is 0.774. The number of nitrogens with zero attached hydrogens (tertiary/aromatic N) is 1. The Balaban J connectivity index is 1.84. The number of methoxy groups -OCH3 is 1. The van der Waals surface area contributed by atoms with Gasteiger partial charge < -0.3 is 14.8 Å². The van der Waals surface area contributed by atoms with Gasteiger partial charge in [0.1, 0.15) is 23.6 Å². The molecule has 0 aromatic heterocycles. The fourth-order valence-corrected chi connectivity index (χ4v) is 4.68. The fourth-order valence-electron chi connectivity index (χ4n) is 3.47. The molecule has 2 aromatic rings. The van der Waals surface area contributed by atoms with Crippen molar-refractivity contribution in [2.24, 2.45) is 0 Å². The third-order valence-electron chi connectivity index (χ3n) is 4.81. The van der Waals surface area contributed by atoms with E-state index in [1.807, 2.05) is 26.0 Å². The van der Waals surface area contributed by atoms with Crippen molar-refractivity contribution < 1.29 is 22.7 Å². The Kier molecular flexibility index (Phi) is 6.51. The van der Waals surface area contributed by atoms with Gasteiger partial charge in [-0.2, -0.15) is 0 Å². The van der Waals surface area contributed by atoms with E-state index in [4.69, 9.17) is 9.47 Å². The minimum absolute atomic E-state index is 0.309. The van der Waals surface area contributed by atoms with Crippen LogP contribution in [0.25, 0.3) is 0 Å². The van der Waals surface area contributed by atoms with Crippen LogP contribution in [0.5, 0.6) is 11.5 Å². The Morgan fingerprint density at radius 2 is 1.93 bits per heavy atom. The van der Waals surface area contributed by atoms with Gasteiger partial charge in [-0.15, -0.1) is 0 Å². The van der Waals surface area contributed by atoms with Crippen LogP contribution in [-0.2, 0) is 14.8 Å². The molecule has 1 unspecified atom stereocenters. The summed E-state index contributed by atoms with van der Waals surface area (Å²) < 4.78 is 38.1. The van der Waals surface area contributed by atoms with Crippen LogP contribution in [0.4, 0.5) is 5.69 Å². The molecule has 0 fully saturated rings. The number of amides is 1. The van der Waals surface area contributed by atoms with Gasteiger partial charge in [0.2, 0.25) is 15.9 Å². The zero-order valence-corrected chi connectivity index (χ0v) is 20.3. The Hall–Kier alpha value is -2.01. The number of anilines is 1. The van der Waals surface area contributed by atoms with Gasteiger partial charge in [-0.1, -0.05) is 0 Å². The highest BCUT2D eigenvalue weighted by molar-refractivity contribution is 14.1. The van der Waals surface area contributed by atoms with E-state index in [0.717, 1.165) is 19.7 Å². The van der Waals surface area contributed by atoms with Gasteiger partial charge in [0, 0.05) is 15.6 Å². The molecule has 0 spiro atoms. The number of hydrogen-bond donors (Lipinski definition) is 1. The van der Waals surface area contributed by atoms with Gasteiger partial charge in [-0.05, 0) is 78.9 Å². The maximum atomic E-state index is 12.9. The lowest BCUT2D eigenvalue weighted by Gasteiger charge is -2.38. The summed E-state index contributed by atoms with van der Waals surface area (Å²) in [6.45, 7) is 3.60. The van der Waals surface area contributed by atoms with E-state index >= 15 is 0 Å². The summed E-state index contributed by atoms with van der Waals surface area (Å²) >= 11 is 2.14. The molecule has 0 saturated carbocycles. The average Bonchev–Trinajstić information content (AvgIpc) is 2.65. The summed E-state index contributed by atoms with van der Waals surface area (Å²) in [5.74, 6) is 0.943. The number of benzene rings is 2. The lowest BCUT2D eigenvalue weighted by molar-refractivity contribution is -0.120. The highest BCUT2D eigenvalue weighted by Gasteiger charge is 2.35. The Morgan fingerprint density at radius 1 is 1.27 bits per heavy atom. The fraction of sp³-hybridized carbons (Fsp3) is 0.381. The van der Waals surface area contributed by atoms with Gasteiger partial charge in [0.15, 0.2) is 0 Å². The molecular weight excluding hydrogens is 519 g/mol. The average molecular weight is 544 g/mol. The molecule has 0 saturated heterocycles. The number of carbonyl (C=O) groups excluding carboxylic acids is 1. The van der Waals surface area contributed by atoms with E-state index in [-0.39, 0.29) is 12.6 Å². The summed E-state index contributed by atoms with van der Waals surface area (Å²) in [4.78, 5) is 12.9. The second-order valence-electron chi connectivity index (χ2n) is 7.84. The van der Waals surface area contributed by atoms with Crippen molar-refractivity contribution >= 4 is 44.2 Å². The van der Waals surface area contributed by atoms with Crippen LogP contribution in [0.2, 0.25) is 0 Å². The molecular formula is C21H25IN2O5S. The number of carbonyl (C=O) groups is 1. The van der Waals surface area contributed by atoms with E-state index in [1.165, 1.54) is 0 Å². The molecule has 1 aliphatic heterocycles. The number of nitrogens with one attached hydrogen (secondary N) is 1. The van der Waals surface area contributed by atoms with E-state index in [9.17, 15) is 13.2 Å². The van der Waals surface area contributed by atoms with Gasteiger partial charge >= 0.3 is 0 Å². The SMILES string of the molecule is COc1ccc2c(c1)C(NC(=O)CN(c1ccc(I)cc1)S(C)(=O)=O)CC(C)(C)O2. The number of hydrogen-bond acceptors (Lipinski definition) is 5. The molecule has 1 atom stereocenters. The van der Waals surface area contributed by atoms with E-state index < -0.39 is 21.5 Å². The number of ether oxygens (including phenoxy) is 2. The molecule has 1 aliphatic rings. The van der Waals surface area contributed by atoms with Crippen LogP contribution in [0.15, 0.2) is 42.5 Å². The standard InChI is InChI=1S/C21H25IN2O5S/c1-21(2)12-18(17-11-16(28-3)9-10-19(17)29-21)23-20(25)13-24(30(4,26)27)15-7-5-14(22)6-8-15/h5-11,18H,12-13H2,1-4H3,(H,23,25). The van der Waals surface area contributed by atoms with E-state index in [0.29, 0.717) is 23.6 Å². The molecule has 0 aliphatic carbocycles. The highest BCUT2D eigenvalue weighted by atomic mass is 127. The molecule has 0 bridgehead atoms. The van der Waals surface area contributed by atoms with Gasteiger partial charge in [0.25, 0.3) is 0 Å². The number of rotatable bonds is 6. The van der Waals surface area contributed by atoms with Crippen molar-refractivity contribution in [2.75, 3.05) is 24.2 Å². The molecule has 7 nitrogen and oxygen atoms in total. The number of fused-ring (bicyclic) bond motifs is 1. The molecule has 1 amide bonds. The van der Waals surface area contributed by atoms with Crippen LogP contribution in [0, 0.1) is 3.57 Å². The van der Waals surface area contributed by atoms with Gasteiger partial charge in [-0.25, -0.2) is 8.42 Å². The van der Waals surface area contributed by atoms with Gasteiger partial charge in [0.05, 0.1) is 25.1 Å². The first-order valence-corrected chi connectivity index (χ1v) is 12.3. The largest absolute Gasteiger partial charge is 0.497 e. The third-order valence-corrected chi connectivity index (χ3v) is 6.67. The van der Waals surface area contributed by atoms with Gasteiger partial charge in [-0.3, -0.25) is 9.10 Å². The summed E-state index contributed by atoms with van der Waals surface area (Å²) in [6, 6.07) is 12.1. The maximum Gasteiger partial charge on any atom is 0.241 e. The first kappa shape index (κ1) is 22.7. The van der Waals surface area contributed by atoms with Crippen molar-refractivity contribution in [1.29, 1.82) is 0 Å². The van der Waals surface area contributed by atoms with E-state index in [2.05, 4.69) is 27.9 Å². The Labute approximate surface area is 190 Å². The lowest BCUT2D eigenvalue weighted by atomic mass is 9.89. The third kappa shape index (κ3) is 5.37. The molecule has 162 valence electrons. The first-order chi connectivity index (χ1) is 14.0. The Bertz CT molecular complexity index is 1040. The van der Waals surface area contributed by atoms with Crippen molar-refractivity contribution in [3.05, 3.63) is 51.6 Å². The molecule has 0 radical (unpaired) electrons. The normalized spacial score (nSPS) is 17.4. The highest BCUT2D eigenvalue weighted by Crippen LogP contribution is 2.41. The molecule has 3 rings (SSSR count). The predicted molar refractivity (Wildman–Crippen MR) is 125 cm³/mol. The van der Waals surface area contributed by atoms with Crippen molar-refractivity contribution in [2.45, 2.75) is 31.9 Å². The maximum absolute atomic E-state index is 12.9. The minimum atomic E-state index is -3.64. The molecule has 1 N–H and O–H groups in total. The molecule has 1 heterocycles. The zero-order valence-electron chi connectivity index (χ0n) is 17.3. The topological polar surface area (TPSA) is 84.9 Å². The number of sulfonamides is 1. The van der Waals surface area contributed by atoms with Crippen molar-refractivity contribution in [3.63, 3.8) is 0 Å². The quantitative estimate of drug-likeness (QED) is 0.564. The van der Waals surface area contributed by atoms with Crippen LogP contribution < -0.4 is 19.1 Å². The first-order valence-electron chi connectivity index (χ1n) is 9.38. The summed E-state index contributed by atoms with van der Waals surface area (Å²) in [5, 5.41) is 2.98. The summed E-state index contributed by atoms with van der Waals surface area (Å²) in [6.07, 6.45) is 1.64. The Morgan fingerprint density at radius 3 is 2.53 bits per heavy atom. The zero-order chi connectivity index (χ0) is 22.1. The lowest BCUT2D eigenvalue weighted by Crippen LogP contribution is -2.45. The molecule has 9 heteroatoms. The predicted octanol–water partition coefficient (Wildman–Crippen LogP) is 3.48. The molecule has 2 aromatic carbocycles. The smallest absolute Gasteiger partial charge is 0.241 e. The van der Waals surface area contributed by atoms with Crippen LogP contribution in [0.1, 0.15) is 31.9 Å². The second-order valence-corrected chi connectivity index (χ2v) is 11.0. The number of halogens is 1. The summed E-state index contributed by atoms with van der Waals surface area (Å²) in [7, 11) is -2.06. The van der Waals surface area contributed by atoms with Crippen LogP contribution in [0.3, 0.4) is 0 Å². The monoisotopic (exact) mass is 544 g/mol. The van der Waals surface area contributed by atoms with Crippen LogP contribution in [-0.4, -0.2) is 39.8 Å². The second kappa shape index (κ2) is 8.62. The minimum Gasteiger partial charge on any atom is -0.497 e. The molecule has 30 heavy (non-hydrogen) atoms. The van der Waals surface area contributed by atoms with E-state index in [1.54, 1.807) is 37.4 Å². The van der Waals surface area contributed by atoms with Crippen LogP contribution >= 0.6 is 22.6 Å². The van der Waals surface area contributed by atoms with Crippen molar-refractivity contribution in [1.82, 2.24) is 5.32 Å². The van der Waals surface area contributed by atoms with Crippen molar-refractivity contribution in [3.8, 4) is 11.5 Å².